The van der Waals surface area contributed by atoms with Gasteiger partial charge in [0.2, 0.25) is 0 Å². The van der Waals surface area contributed by atoms with Crippen LogP contribution in [-0.2, 0) is 0 Å². The second kappa shape index (κ2) is 7.37. The van der Waals surface area contributed by atoms with E-state index in [4.69, 9.17) is 17.0 Å². The molecule has 2 N–H and O–H groups in total. The van der Waals surface area contributed by atoms with Crippen molar-refractivity contribution >= 4 is 39.0 Å². The summed E-state index contributed by atoms with van der Waals surface area (Å²) in [6, 6.07) is 14.5. The highest BCUT2D eigenvalue weighted by Gasteiger charge is 2.32. The summed E-state index contributed by atoms with van der Waals surface area (Å²) in [6.07, 6.45) is 0. The number of ketones is 1. The van der Waals surface area contributed by atoms with Gasteiger partial charge in [-0.3, -0.25) is 4.79 Å². The first kappa shape index (κ1) is 17.6. The molecule has 0 saturated carbocycles. The first-order chi connectivity index (χ1) is 12.0. The molecule has 1 heterocycles. The summed E-state index contributed by atoms with van der Waals surface area (Å²) in [6.45, 7) is 1.86. The molecule has 2 aromatic rings. The standard InChI is InChI=1S/C19H17BrN2O2S/c1-11-16(18(23)12-6-4-3-5-7-12)17(22-19(25)21-11)14-10-13(20)8-9-15(14)24-2/h3-10,17H,1-2H3,(H2,21,22,25). The maximum absolute atomic E-state index is 13.2. The number of rotatable bonds is 4. The molecule has 1 atom stereocenters. The second-order valence-electron chi connectivity index (χ2n) is 5.65. The van der Waals surface area contributed by atoms with Crippen LogP contribution in [0.3, 0.4) is 0 Å². The van der Waals surface area contributed by atoms with E-state index in [1.165, 1.54) is 0 Å². The van der Waals surface area contributed by atoms with Crippen LogP contribution in [0, 0.1) is 0 Å². The van der Waals surface area contributed by atoms with E-state index in [9.17, 15) is 4.79 Å². The van der Waals surface area contributed by atoms with Crippen molar-refractivity contribution in [2.24, 2.45) is 0 Å². The zero-order valence-electron chi connectivity index (χ0n) is 13.8. The highest BCUT2D eigenvalue weighted by Crippen LogP contribution is 2.36. The Labute approximate surface area is 160 Å². The van der Waals surface area contributed by atoms with Gasteiger partial charge >= 0.3 is 0 Å². The van der Waals surface area contributed by atoms with Crippen LogP contribution < -0.4 is 15.4 Å². The molecule has 128 valence electrons. The van der Waals surface area contributed by atoms with Gasteiger partial charge in [-0.05, 0) is 37.3 Å². The number of hydrogen-bond donors (Lipinski definition) is 2. The number of nitrogens with one attached hydrogen (secondary N) is 2. The molecular weight excluding hydrogens is 400 g/mol. The lowest BCUT2D eigenvalue weighted by Gasteiger charge is -2.31. The minimum Gasteiger partial charge on any atom is -0.496 e. The molecule has 1 aliphatic rings. The molecule has 0 amide bonds. The summed E-state index contributed by atoms with van der Waals surface area (Å²) in [4.78, 5) is 13.2. The number of hydrogen-bond acceptors (Lipinski definition) is 3. The Hall–Kier alpha value is -2.18. The Morgan fingerprint density at radius 1 is 1.20 bits per heavy atom. The zero-order chi connectivity index (χ0) is 18.0. The van der Waals surface area contributed by atoms with Gasteiger partial charge in [0, 0.05) is 26.9 Å². The molecule has 0 spiro atoms. The average Bonchev–Trinajstić information content (AvgIpc) is 2.61. The third kappa shape index (κ3) is 3.60. The van der Waals surface area contributed by atoms with Gasteiger partial charge in [-0.1, -0.05) is 46.3 Å². The van der Waals surface area contributed by atoms with Gasteiger partial charge in [-0.25, -0.2) is 0 Å². The summed E-state index contributed by atoms with van der Waals surface area (Å²) in [7, 11) is 1.61. The third-order valence-corrected chi connectivity index (χ3v) is 4.77. The highest BCUT2D eigenvalue weighted by molar-refractivity contribution is 9.10. The van der Waals surface area contributed by atoms with E-state index in [0.29, 0.717) is 22.0 Å². The normalized spacial score (nSPS) is 16.9. The topological polar surface area (TPSA) is 50.4 Å². The predicted octanol–water partition coefficient (Wildman–Crippen LogP) is 4.13. The van der Waals surface area contributed by atoms with E-state index in [1.807, 2.05) is 55.5 Å². The smallest absolute Gasteiger partial charge is 0.193 e. The maximum atomic E-state index is 13.2. The summed E-state index contributed by atoms with van der Waals surface area (Å²) < 4.78 is 6.40. The van der Waals surface area contributed by atoms with E-state index in [2.05, 4.69) is 26.6 Å². The third-order valence-electron chi connectivity index (χ3n) is 4.05. The molecule has 1 aliphatic heterocycles. The van der Waals surface area contributed by atoms with Gasteiger partial charge in [0.25, 0.3) is 0 Å². The van der Waals surface area contributed by atoms with Crippen LogP contribution in [0.1, 0.15) is 28.9 Å². The molecule has 0 bridgehead atoms. The molecule has 0 saturated heterocycles. The van der Waals surface area contributed by atoms with Crippen LogP contribution in [0.5, 0.6) is 5.75 Å². The van der Waals surface area contributed by atoms with Crippen LogP contribution in [0.15, 0.2) is 64.3 Å². The van der Waals surface area contributed by atoms with Crippen LogP contribution in [0.4, 0.5) is 0 Å². The number of Topliss-reactive ketones (excluding diaryl/α,β-unsaturated/α-hetero) is 1. The first-order valence-corrected chi connectivity index (χ1v) is 8.93. The monoisotopic (exact) mass is 416 g/mol. The number of thiocarbonyl (C=S) groups is 1. The lowest BCUT2D eigenvalue weighted by atomic mass is 9.89. The lowest BCUT2D eigenvalue weighted by molar-refractivity contribution is 0.102. The van der Waals surface area contributed by atoms with Crippen molar-refractivity contribution in [1.29, 1.82) is 0 Å². The molecule has 0 radical (unpaired) electrons. The fourth-order valence-electron chi connectivity index (χ4n) is 2.90. The van der Waals surface area contributed by atoms with Crippen LogP contribution in [0.25, 0.3) is 0 Å². The molecule has 6 heteroatoms. The van der Waals surface area contributed by atoms with Crippen molar-refractivity contribution in [2.45, 2.75) is 13.0 Å². The van der Waals surface area contributed by atoms with Crippen molar-refractivity contribution in [3.63, 3.8) is 0 Å². The SMILES string of the molecule is COc1ccc(Br)cc1C1NC(=S)NC(C)=C1C(=O)c1ccccc1. The Morgan fingerprint density at radius 2 is 1.92 bits per heavy atom. The number of methoxy groups -OCH3 is 1. The molecule has 25 heavy (non-hydrogen) atoms. The second-order valence-corrected chi connectivity index (χ2v) is 6.98. The van der Waals surface area contributed by atoms with Gasteiger partial charge in [-0.15, -0.1) is 0 Å². The predicted molar refractivity (Wildman–Crippen MR) is 106 cm³/mol. The average molecular weight is 417 g/mol. The first-order valence-electron chi connectivity index (χ1n) is 7.72. The van der Waals surface area contributed by atoms with Crippen molar-refractivity contribution in [1.82, 2.24) is 10.6 Å². The van der Waals surface area contributed by atoms with E-state index in [1.54, 1.807) is 7.11 Å². The van der Waals surface area contributed by atoms with E-state index in [-0.39, 0.29) is 5.78 Å². The number of benzene rings is 2. The number of carbonyl (C=O) groups is 1. The largest absolute Gasteiger partial charge is 0.496 e. The van der Waals surface area contributed by atoms with Gasteiger partial charge in [0.05, 0.1) is 13.2 Å². The Bertz CT molecular complexity index is 865. The molecule has 3 rings (SSSR count). The minimum atomic E-state index is -0.395. The van der Waals surface area contributed by atoms with Gasteiger partial charge < -0.3 is 15.4 Å². The van der Waals surface area contributed by atoms with Crippen LogP contribution in [-0.4, -0.2) is 18.0 Å². The molecule has 0 aliphatic carbocycles. The molecule has 2 aromatic carbocycles. The Morgan fingerprint density at radius 3 is 2.60 bits per heavy atom. The van der Waals surface area contributed by atoms with Crippen LogP contribution >= 0.6 is 28.1 Å². The molecule has 1 unspecified atom stereocenters. The maximum Gasteiger partial charge on any atom is 0.193 e. The summed E-state index contributed by atoms with van der Waals surface area (Å²) in [5, 5.41) is 6.75. The van der Waals surface area contributed by atoms with E-state index >= 15 is 0 Å². The van der Waals surface area contributed by atoms with Gasteiger partial charge in [-0.2, -0.15) is 0 Å². The number of halogens is 1. The fourth-order valence-corrected chi connectivity index (χ4v) is 3.55. The number of ether oxygens (including phenoxy) is 1. The minimum absolute atomic E-state index is 0.0485. The highest BCUT2D eigenvalue weighted by atomic mass is 79.9. The number of allylic oxidation sites excluding steroid dienone is 1. The molecule has 0 fully saturated rings. The Kier molecular flexibility index (Phi) is 5.20. The Balaban J connectivity index is 2.14. The summed E-state index contributed by atoms with van der Waals surface area (Å²) in [5.74, 6) is 0.643. The molecule has 4 nitrogen and oxygen atoms in total. The van der Waals surface area contributed by atoms with Crippen molar-refractivity contribution < 1.29 is 9.53 Å². The van der Waals surface area contributed by atoms with Crippen LogP contribution in [0.2, 0.25) is 0 Å². The lowest BCUT2D eigenvalue weighted by Crippen LogP contribution is -2.45. The number of carbonyl (C=O) groups excluding carboxylic acids is 1. The fraction of sp³-hybridized carbons (Fsp3) is 0.158. The molecular formula is C19H17BrN2O2S. The van der Waals surface area contributed by atoms with Gasteiger partial charge in [0.15, 0.2) is 10.9 Å². The summed E-state index contributed by atoms with van der Waals surface area (Å²) in [5.41, 5.74) is 2.84. The van der Waals surface area contributed by atoms with E-state index in [0.717, 1.165) is 15.7 Å². The molecule has 0 aromatic heterocycles. The van der Waals surface area contributed by atoms with Crippen molar-refractivity contribution in [3.8, 4) is 5.75 Å². The summed E-state index contributed by atoms with van der Waals surface area (Å²) >= 11 is 8.80. The quantitative estimate of drug-likeness (QED) is 0.579. The zero-order valence-corrected chi connectivity index (χ0v) is 16.2. The van der Waals surface area contributed by atoms with Crippen molar-refractivity contribution in [2.75, 3.05) is 7.11 Å². The van der Waals surface area contributed by atoms with E-state index < -0.39 is 6.04 Å². The van der Waals surface area contributed by atoms with Crippen molar-refractivity contribution in [3.05, 3.63) is 75.4 Å². The van der Waals surface area contributed by atoms with Gasteiger partial charge in [0.1, 0.15) is 5.75 Å².